The topological polar surface area (TPSA) is 127 Å². The van der Waals surface area contributed by atoms with Crippen LogP contribution in [0, 0.1) is 5.92 Å². The van der Waals surface area contributed by atoms with Crippen LogP contribution in [0.2, 0.25) is 0 Å². The van der Waals surface area contributed by atoms with Crippen LogP contribution in [0.3, 0.4) is 0 Å². The fraction of sp³-hybridized carbons (Fsp3) is 0.471. The van der Waals surface area contributed by atoms with Crippen molar-refractivity contribution < 1.29 is 4.79 Å². The molecule has 0 aromatic carbocycles. The van der Waals surface area contributed by atoms with Gasteiger partial charge in [-0.05, 0) is 18.8 Å². The van der Waals surface area contributed by atoms with Gasteiger partial charge in [-0.3, -0.25) is 14.6 Å². The second kappa shape index (κ2) is 7.11. The second-order valence-corrected chi connectivity index (χ2v) is 6.82. The molecule has 0 bridgehead atoms. The summed E-state index contributed by atoms with van der Waals surface area (Å²) in [7, 11) is 0. The molecule has 1 aliphatic rings. The molecule has 3 heterocycles. The molecule has 0 spiro atoms. The van der Waals surface area contributed by atoms with Crippen LogP contribution in [-0.2, 0) is 4.79 Å². The number of aromatic nitrogens is 6. The van der Waals surface area contributed by atoms with E-state index >= 15 is 0 Å². The highest BCUT2D eigenvalue weighted by molar-refractivity contribution is 5.87. The largest absolute Gasteiger partial charge is 0.370 e. The Bertz CT molecular complexity index is 895. The zero-order valence-corrected chi connectivity index (χ0v) is 14.4. The molecular formula is C17H22N8O. The Morgan fingerprint density at radius 2 is 2.15 bits per heavy atom. The van der Waals surface area contributed by atoms with Crippen molar-refractivity contribution in [1.29, 1.82) is 0 Å². The molecule has 1 amide bonds. The number of primary amides is 1. The summed E-state index contributed by atoms with van der Waals surface area (Å²) < 4.78 is 1.87. The Labute approximate surface area is 150 Å². The normalized spacial score (nSPS) is 16.6. The minimum absolute atomic E-state index is 0.00249. The Hall–Kier alpha value is -2.97. The summed E-state index contributed by atoms with van der Waals surface area (Å²) in [5, 5.41) is 15.4. The van der Waals surface area contributed by atoms with Gasteiger partial charge in [0.05, 0.1) is 29.5 Å². The molecule has 1 atom stereocenters. The van der Waals surface area contributed by atoms with Gasteiger partial charge >= 0.3 is 0 Å². The molecule has 1 fully saturated rings. The van der Waals surface area contributed by atoms with Crippen LogP contribution in [0.25, 0.3) is 11.0 Å². The van der Waals surface area contributed by atoms with Crippen molar-refractivity contribution in [3.63, 3.8) is 0 Å². The van der Waals surface area contributed by atoms with Crippen LogP contribution in [0.1, 0.15) is 44.6 Å². The van der Waals surface area contributed by atoms with E-state index in [-0.39, 0.29) is 11.9 Å². The molecule has 1 aliphatic carbocycles. The molecule has 3 aromatic rings. The van der Waals surface area contributed by atoms with Gasteiger partial charge in [0.1, 0.15) is 12.1 Å². The summed E-state index contributed by atoms with van der Waals surface area (Å²) >= 11 is 0. The number of nitrogens with zero attached hydrogens (tertiary/aromatic N) is 5. The van der Waals surface area contributed by atoms with Crippen molar-refractivity contribution in [3.8, 4) is 0 Å². The van der Waals surface area contributed by atoms with Crippen LogP contribution in [0.15, 0.2) is 24.9 Å². The molecule has 9 nitrogen and oxygen atoms in total. The highest BCUT2D eigenvalue weighted by atomic mass is 16.1. The van der Waals surface area contributed by atoms with Gasteiger partial charge in [0, 0.05) is 12.6 Å². The average molecular weight is 354 g/mol. The van der Waals surface area contributed by atoms with E-state index in [1.807, 2.05) is 10.9 Å². The third kappa shape index (κ3) is 3.37. The molecule has 0 aliphatic heterocycles. The highest BCUT2D eigenvalue weighted by Crippen LogP contribution is 2.35. The number of nitrogens with two attached hydrogens (primary N) is 1. The number of hydrogen-bond acceptors (Lipinski definition) is 6. The fourth-order valence-electron chi connectivity index (χ4n) is 3.79. The summed E-state index contributed by atoms with van der Waals surface area (Å²) in [6, 6.07) is 0.00249. The van der Waals surface area contributed by atoms with Gasteiger partial charge in [0.25, 0.3) is 0 Å². The van der Waals surface area contributed by atoms with E-state index in [9.17, 15) is 4.79 Å². The van der Waals surface area contributed by atoms with E-state index in [0.29, 0.717) is 23.8 Å². The van der Waals surface area contributed by atoms with Crippen molar-refractivity contribution in [2.75, 3.05) is 5.32 Å². The van der Waals surface area contributed by atoms with Crippen LogP contribution in [0.4, 0.5) is 11.5 Å². The highest BCUT2D eigenvalue weighted by Gasteiger charge is 2.27. The van der Waals surface area contributed by atoms with Gasteiger partial charge < -0.3 is 11.1 Å². The van der Waals surface area contributed by atoms with E-state index in [0.717, 1.165) is 23.9 Å². The van der Waals surface area contributed by atoms with E-state index in [2.05, 4.69) is 30.6 Å². The first-order valence-corrected chi connectivity index (χ1v) is 8.94. The monoisotopic (exact) mass is 354 g/mol. The molecule has 4 N–H and O–H groups in total. The second-order valence-electron chi connectivity index (χ2n) is 6.82. The van der Waals surface area contributed by atoms with E-state index < -0.39 is 0 Å². The zero-order valence-electron chi connectivity index (χ0n) is 14.4. The molecule has 26 heavy (non-hydrogen) atoms. The maximum Gasteiger partial charge on any atom is 0.219 e. The molecule has 136 valence electrons. The lowest BCUT2D eigenvalue weighted by Crippen LogP contribution is -2.27. The molecule has 0 saturated heterocycles. The number of aromatic amines is 1. The smallest absolute Gasteiger partial charge is 0.219 e. The third-order valence-corrected chi connectivity index (χ3v) is 5.06. The molecule has 1 saturated carbocycles. The predicted molar refractivity (Wildman–Crippen MR) is 96.6 cm³/mol. The van der Waals surface area contributed by atoms with Crippen LogP contribution in [0.5, 0.6) is 0 Å². The average Bonchev–Trinajstić information content (AvgIpc) is 3.30. The summed E-state index contributed by atoms with van der Waals surface area (Å²) in [4.78, 5) is 20.0. The van der Waals surface area contributed by atoms with Crippen molar-refractivity contribution >= 4 is 28.4 Å². The first kappa shape index (κ1) is 16.5. The first-order chi connectivity index (χ1) is 12.7. The zero-order chi connectivity index (χ0) is 17.9. The number of H-pyrrole nitrogens is 1. The van der Waals surface area contributed by atoms with Gasteiger partial charge in [-0.1, -0.05) is 19.3 Å². The van der Waals surface area contributed by atoms with Crippen molar-refractivity contribution in [3.05, 3.63) is 24.9 Å². The molecule has 9 heteroatoms. The number of rotatable bonds is 6. The number of carbonyl (C=O) groups is 1. The van der Waals surface area contributed by atoms with Crippen LogP contribution >= 0.6 is 0 Å². The number of nitrogens with one attached hydrogen (secondary N) is 2. The van der Waals surface area contributed by atoms with Gasteiger partial charge in [0.2, 0.25) is 5.91 Å². The summed E-state index contributed by atoms with van der Waals surface area (Å²) in [5.74, 6) is 0.803. The number of hydrogen-bond donors (Lipinski definition) is 3. The lowest BCUT2D eigenvalue weighted by atomic mass is 9.82. The summed E-state index contributed by atoms with van der Waals surface area (Å²) in [6.45, 7) is 0. The molecule has 4 rings (SSSR count). The van der Waals surface area contributed by atoms with Gasteiger partial charge in [0.15, 0.2) is 5.65 Å². The minimum atomic E-state index is -0.290. The van der Waals surface area contributed by atoms with Gasteiger partial charge in [-0.25, -0.2) is 9.97 Å². The van der Waals surface area contributed by atoms with Crippen LogP contribution in [-0.4, -0.2) is 35.9 Å². The number of amides is 1. The maximum atomic E-state index is 11.6. The van der Waals surface area contributed by atoms with Crippen LogP contribution < -0.4 is 11.1 Å². The van der Waals surface area contributed by atoms with E-state index in [1.54, 1.807) is 12.4 Å². The number of carbonyl (C=O) groups excluding carboxylic acids is 1. The van der Waals surface area contributed by atoms with Crippen molar-refractivity contribution in [1.82, 2.24) is 29.9 Å². The Morgan fingerprint density at radius 3 is 2.96 bits per heavy atom. The van der Waals surface area contributed by atoms with E-state index in [4.69, 9.17) is 5.73 Å². The lowest BCUT2D eigenvalue weighted by Gasteiger charge is -2.29. The minimum Gasteiger partial charge on any atom is -0.370 e. The molecule has 1 unspecified atom stereocenters. The first-order valence-electron chi connectivity index (χ1n) is 8.94. The van der Waals surface area contributed by atoms with Crippen molar-refractivity contribution in [2.24, 2.45) is 11.7 Å². The molecular weight excluding hydrogens is 332 g/mol. The van der Waals surface area contributed by atoms with Crippen molar-refractivity contribution in [2.45, 2.75) is 44.6 Å². The Balaban J connectivity index is 1.56. The van der Waals surface area contributed by atoms with Gasteiger partial charge in [-0.2, -0.15) is 10.2 Å². The lowest BCUT2D eigenvalue weighted by molar-refractivity contribution is -0.119. The quantitative estimate of drug-likeness (QED) is 0.623. The SMILES string of the molecule is NC(=O)CC(C1CCCCC1)n1cc(Nc2ncnc3[nH]ncc23)cn1. The maximum absolute atomic E-state index is 11.6. The molecule has 0 radical (unpaired) electrons. The molecule has 3 aromatic heterocycles. The number of anilines is 2. The van der Waals surface area contributed by atoms with Gasteiger partial charge in [-0.15, -0.1) is 0 Å². The predicted octanol–water partition coefficient (Wildman–Crippen LogP) is 2.29. The Kier molecular flexibility index (Phi) is 4.51. The standard InChI is InChI=1S/C17H22N8O/c18-15(26)6-14(11-4-2-1-3-5-11)25-9-12(7-22-25)23-16-13-8-21-24-17(13)20-10-19-16/h7-11,14H,1-6H2,(H2,18,26)(H2,19,20,21,23,24). The summed E-state index contributed by atoms with van der Waals surface area (Å²) in [6.07, 6.45) is 13.0. The summed E-state index contributed by atoms with van der Waals surface area (Å²) in [5.41, 5.74) is 6.97. The third-order valence-electron chi connectivity index (χ3n) is 5.06. The fourth-order valence-corrected chi connectivity index (χ4v) is 3.79. The number of fused-ring (bicyclic) bond motifs is 1. The Morgan fingerprint density at radius 1 is 1.31 bits per heavy atom. The van der Waals surface area contributed by atoms with E-state index in [1.165, 1.54) is 25.6 Å².